The van der Waals surface area contributed by atoms with Crippen molar-refractivity contribution in [2.24, 2.45) is 0 Å². The highest BCUT2D eigenvalue weighted by molar-refractivity contribution is 5.67. The van der Waals surface area contributed by atoms with Gasteiger partial charge in [-0.25, -0.2) is 14.8 Å². The van der Waals surface area contributed by atoms with E-state index in [1.807, 2.05) is 20.8 Å². The number of anilines is 2. The Morgan fingerprint density at radius 3 is 2.53 bits per heavy atom. The van der Waals surface area contributed by atoms with E-state index < -0.39 is 11.7 Å². The number of rotatable bonds is 5. The number of carbonyl (C=O) groups excluding carboxylic acids is 1. The molecule has 1 aromatic rings. The lowest BCUT2D eigenvalue weighted by Crippen LogP contribution is -2.33. The molecule has 1 rings (SSSR count). The van der Waals surface area contributed by atoms with Crippen molar-refractivity contribution in [3.05, 3.63) is 12.4 Å². The second-order valence-corrected chi connectivity index (χ2v) is 5.05. The molecule has 0 saturated carbocycles. The lowest BCUT2D eigenvalue weighted by molar-refractivity contribution is 0.0528. The minimum Gasteiger partial charge on any atom is -0.444 e. The third kappa shape index (κ3) is 7.07. The summed E-state index contributed by atoms with van der Waals surface area (Å²) in [7, 11) is 0. The van der Waals surface area contributed by atoms with E-state index in [4.69, 9.17) is 10.5 Å². The van der Waals surface area contributed by atoms with Gasteiger partial charge in [0, 0.05) is 13.1 Å². The molecule has 0 fully saturated rings. The maximum absolute atomic E-state index is 11.3. The van der Waals surface area contributed by atoms with Gasteiger partial charge >= 0.3 is 6.09 Å². The van der Waals surface area contributed by atoms with Crippen LogP contribution in [0, 0.1) is 0 Å². The highest BCUT2D eigenvalue weighted by atomic mass is 16.6. The summed E-state index contributed by atoms with van der Waals surface area (Å²) in [5.74, 6) is 0.520. The van der Waals surface area contributed by atoms with Gasteiger partial charge in [0.25, 0.3) is 0 Å². The van der Waals surface area contributed by atoms with E-state index in [1.165, 1.54) is 12.4 Å². The lowest BCUT2D eigenvalue weighted by Gasteiger charge is -2.19. The molecule has 0 saturated heterocycles. The first-order valence-electron chi connectivity index (χ1n) is 6.15. The second-order valence-electron chi connectivity index (χ2n) is 5.05. The zero-order chi connectivity index (χ0) is 14.3. The summed E-state index contributed by atoms with van der Waals surface area (Å²) in [6.45, 7) is 6.66. The summed E-state index contributed by atoms with van der Waals surface area (Å²) in [5.41, 5.74) is 5.53. The molecule has 7 heteroatoms. The predicted octanol–water partition coefficient (Wildman–Crippen LogP) is 1.39. The van der Waals surface area contributed by atoms with Crippen LogP contribution in [-0.2, 0) is 4.74 Å². The van der Waals surface area contributed by atoms with Gasteiger partial charge in [0.05, 0.1) is 18.1 Å². The minimum absolute atomic E-state index is 0.406. The number of nitrogens with two attached hydrogens (primary N) is 1. The number of nitrogen functional groups attached to an aromatic ring is 1. The SMILES string of the molecule is CC(C)(C)OC(=O)NCCCNc1ncc(N)cn1. The van der Waals surface area contributed by atoms with Crippen molar-refractivity contribution in [2.45, 2.75) is 32.8 Å². The van der Waals surface area contributed by atoms with Gasteiger partial charge in [-0.15, -0.1) is 0 Å². The van der Waals surface area contributed by atoms with Gasteiger partial charge in [0.2, 0.25) is 5.95 Å². The van der Waals surface area contributed by atoms with Crippen LogP contribution in [0.4, 0.5) is 16.4 Å². The number of nitrogens with one attached hydrogen (secondary N) is 2. The van der Waals surface area contributed by atoms with Crippen LogP contribution in [0.3, 0.4) is 0 Å². The molecule has 1 aromatic heterocycles. The van der Waals surface area contributed by atoms with Crippen LogP contribution < -0.4 is 16.4 Å². The van der Waals surface area contributed by atoms with Crippen molar-refractivity contribution < 1.29 is 9.53 Å². The van der Waals surface area contributed by atoms with Crippen LogP contribution >= 0.6 is 0 Å². The van der Waals surface area contributed by atoms with Crippen LogP contribution in [-0.4, -0.2) is 34.8 Å². The molecule has 1 amide bonds. The fourth-order valence-corrected chi connectivity index (χ4v) is 1.22. The monoisotopic (exact) mass is 267 g/mol. The maximum Gasteiger partial charge on any atom is 0.407 e. The number of alkyl carbamates (subject to hydrolysis) is 1. The molecule has 1 heterocycles. The normalized spacial score (nSPS) is 10.9. The molecule has 0 aromatic carbocycles. The standard InChI is InChI=1S/C12H21N5O2/c1-12(2,3)19-11(18)15-6-4-5-14-10-16-7-9(13)8-17-10/h7-8H,4-6,13H2,1-3H3,(H,15,18)(H,14,16,17). The molecule has 0 bridgehead atoms. The number of carbonyl (C=O) groups is 1. The van der Waals surface area contributed by atoms with E-state index >= 15 is 0 Å². The Labute approximate surface area is 113 Å². The van der Waals surface area contributed by atoms with E-state index in [1.54, 1.807) is 0 Å². The zero-order valence-electron chi connectivity index (χ0n) is 11.6. The molecule has 0 aliphatic heterocycles. The predicted molar refractivity (Wildman–Crippen MR) is 73.8 cm³/mol. The van der Waals surface area contributed by atoms with Gasteiger partial charge in [0.15, 0.2) is 0 Å². The summed E-state index contributed by atoms with van der Waals surface area (Å²) in [6, 6.07) is 0. The van der Waals surface area contributed by atoms with E-state index in [0.717, 1.165) is 6.42 Å². The number of amides is 1. The summed E-state index contributed by atoms with van der Waals surface area (Å²) < 4.78 is 5.11. The summed E-state index contributed by atoms with van der Waals surface area (Å²) in [5, 5.41) is 5.70. The Morgan fingerprint density at radius 1 is 1.32 bits per heavy atom. The molecule has 0 unspecified atom stereocenters. The van der Waals surface area contributed by atoms with Crippen LogP contribution in [0.2, 0.25) is 0 Å². The molecule has 0 atom stereocenters. The van der Waals surface area contributed by atoms with Crippen molar-refractivity contribution in [2.75, 3.05) is 24.1 Å². The van der Waals surface area contributed by atoms with Crippen molar-refractivity contribution in [3.63, 3.8) is 0 Å². The molecular formula is C12H21N5O2. The number of hydrogen-bond donors (Lipinski definition) is 3. The molecule has 7 nitrogen and oxygen atoms in total. The first-order chi connectivity index (χ1) is 8.87. The van der Waals surface area contributed by atoms with Gasteiger partial charge < -0.3 is 21.1 Å². The smallest absolute Gasteiger partial charge is 0.407 e. The van der Waals surface area contributed by atoms with Crippen LogP contribution in [0.25, 0.3) is 0 Å². The summed E-state index contributed by atoms with van der Waals surface area (Å²) in [4.78, 5) is 19.3. The minimum atomic E-state index is -0.472. The first kappa shape index (κ1) is 15.0. The quantitative estimate of drug-likeness (QED) is 0.697. The van der Waals surface area contributed by atoms with Gasteiger partial charge in [0.1, 0.15) is 5.60 Å². The number of ether oxygens (including phenoxy) is 1. The second kappa shape index (κ2) is 6.77. The molecule has 0 spiro atoms. The molecule has 19 heavy (non-hydrogen) atoms. The zero-order valence-corrected chi connectivity index (χ0v) is 11.6. The molecule has 106 valence electrons. The molecule has 0 radical (unpaired) electrons. The third-order valence-electron chi connectivity index (χ3n) is 1.98. The molecular weight excluding hydrogens is 246 g/mol. The van der Waals surface area contributed by atoms with Gasteiger partial charge in [-0.05, 0) is 27.2 Å². The molecule has 4 N–H and O–H groups in total. The van der Waals surface area contributed by atoms with Crippen molar-refractivity contribution in [1.82, 2.24) is 15.3 Å². The van der Waals surface area contributed by atoms with Gasteiger partial charge in [-0.1, -0.05) is 0 Å². The first-order valence-corrected chi connectivity index (χ1v) is 6.15. The van der Waals surface area contributed by atoms with Crippen molar-refractivity contribution >= 4 is 17.7 Å². The highest BCUT2D eigenvalue weighted by Crippen LogP contribution is 2.06. The van der Waals surface area contributed by atoms with E-state index in [2.05, 4.69) is 20.6 Å². The number of hydrogen-bond acceptors (Lipinski definition) is 6. The van der Waals surface area contributed by atoms with Crippen LogP contribution in [0.5, 0.6) is 0 Å². The topological polar surface area (TPSA) is 102 Å². The van der Waals surface area contributed by atoms with E-state index in [-0.39, 0.29) is 0 Å². The van der Waals surface area contributed by atoms with Crippen molar-refractivity contribution in [3.8, 4) is 0 Å². The maximum atomic E-state index is 11.3. The Kier molecular flexibility index (Phi) is 5.35. The Bertz CT molecular complexity index is 400. The van der Waals surface area contributed by atoms with Crippen LogP contribution in [0.1, 0.15) is 27.2 Å². The highest BCUT2D eigenvalue weighted by Gasteiger charge is 2.15. The van der Waals surface area contributed by atoms with Gasteiger partial charge in [-0.2, -0.15) is 0 Å². The van der Waals surface area contributed by atoms with Crippen molar-refractivity contribution in [1.29, 1.82) is 0 Å². The summed E-state index contributed by atoms with van der Waals surface area (Å²) >= 11 is 0. The molecule has 0 aliphatic rings. The van der Waals surface area contributed by atoms with E-state index in [0.29, 0.717) is 24.7 Å². The fraction of sp³-hybridized carbons (Fsp3) is 0.583. The average molecular weight is 267 g/mol. The Balaban J connectivity index is 2.11. The number of nitrogens with zero attached hydrogens (tertiary/aromatic N) is 2. The number of aromatic nitrogens is 2. The third-order valence-corrected chi connectivity index (χ3v) is 1.98. The Hall–Kier alpha value is -2.05. The average Bonchev–Trinajstić information content (AvgIpc) is 2.29. The van der Waals surface area contributed by atoms with Gasteiger partial charge in [-0.3, -0.25) is 0 Å². The largest absolute Gasteiger partial charge is 0.444 e. The van der Waals surface area contributed by atoms with Crippen LogP contribution in [0.15, 0.2) is 12.4 Å². The lowest BCUT2D eigenvalue weighted by atomic mass is 10.2. The van der Waals surface area contributed by atoms with E-state index in [9.17, 15) is 4.79 Å². The summed E-state index contributed by atoms with van der Waals surface area (Å²) in [6.07, 6.45) is 3.41. The fourth-order valence-electron chi connectivity index (χ4n) is 1.22. The molecule has 0 aliphatic carbocycles. The Morgan fingerprint density at radius 2 is 1.95 bits per heavy atom.